The van der Waals surface area contributed by atoms with Gasteiger partial charge in [0, 0.05) is 26.9 Å². The summed E-state index contributed by atoms with van der Waals surface area (Å²) < 4.78 is 0. The second-order valence-electron chi connectivity index (χ2n) is 4.13. The monoisotopic (exact) mass is 269 g/mol. The van der Waals surface area contributed by atoms with Crippen LogP contribution >= 0.6 is 11.8 Å². The van der Waals surface area contributed by atoms with Gasteiger partial charge in [-0.2, -0.15) is 0 Å². The Labute approximate surface area is 114 Å². The molecular formula is C15H11NO2S. The molecule has 0 bridgehead atoms. The molecule has 94 valence electrons. The molecule has 0 aliphatic heterocycles. The molecule has 0 saturated heterocycles. The van der Waals surface area contributed by atoms with E-state index in [-0.39, 0.29) is 0 Å². The van der Waals surface area contributed by atoms with Gasteiger partial charge in [0.25, 0.3) is 0 Å². The Balaban J connectivity index is 2.11. The lowest BCUT2D eigenvalue weighted by Gasteiger charge is -2.05. The van der Waals surface area contributed by atoms with Gasteiger partial charge in [-0.15, -0.1) is 0 Å². The molecule has 2 aromatic carbocycles. The van der Waals surface area contributed by atoms with Crippen molar-refractivity contribution in [1.82, 2.24) is 4.98 Å². The van der Waals surface area contributed by atoms with E-state index in [1.54, 1.807) is 23.9 Å². The fraction of sp³-hybridized carbons (Fsp3) is 0. The molecule has 0 radical (unpaired) electrons. The maximum atomic E-state index is 11.1. The number of aromatic amines is 1. The molecule has 0 aliphatic carbocycles. The highest BCUT2D eigenvalue weighted by Crippen LogP contribution is 2.34. The van der Waals surface area contributed by atoms with Gasteiger partial charge in [-0.25, -0.2) is 4.79 Å². The summed E-state index contributed by atoms with van der Waals surface area (Å²) in [5.74, 6) is -0.911. The highest BCUT2D eigenvalue weighted by Gasteiger charge is 2.10. The second kappa shape index (κ2) is 4.82. The Morgan fingerprint density at radius 1 is 1.11 bits per heavy atom. The van der Waals surface area contributed by atoms with Gasteiger partial charge in [0.1, 0.15) is 0 Å². The average molecular weight is 269 g/mol. The van der Waals surface area contributed by atoms with Crippen molar-refractivity contribution in [3.05, 3.63) is 60.3 Å². The molecule has 0 atom stereocenters. The standard InChI is InChI=1S/C15H11NO2S/c17-15(18)10-8-13-12(6-7-16-13)14(9-10)19-11-4-2-1-3-5-11/h1-9,16H,(H,17,18). The van der Waals surface area contributed by atoms with Gasteiger partial charge in [-0.1, -0.05) is 30.0 Å². The quantitative estimate of drug-likeness (QED) is 0.755. The van der Waals surface area contributed by atoms with Crippen LogP contribution in [0.15, 0.2) is 64.5 Å². The van der Waals surface area contributed by atoms with Crippen LogP contribution in [0, 0.1) is 0 Å². The van der Waals surface area contributed by atoms with Crippen molar-refractivity contribution in [2.24, 2.45) is 0 Å². The first kappa shape index (κ1) is 11.9. The number of carboxylic acid groups (broad SMARTS) is 1. The molecule has 0 amide bonds. The van der Waals surface area contributed by atoms with E-state index in [0.29, 0.717) is 5.56 Å². The summed E-state index contributed by atoms with van der Waals surface area (Å²) in [6, 6.07) is 15.3. The predicted molar refractivity (Wildman–Crippen MR) is 75.8 cm³/mol. The van der Waals surface area contributed by atoms with Gasteiger partial charge < -0.3 is 10.1 Å². The topological polar surface area (TPSA) is 53.1 Å². The van der Waals surface area contributed by atoms with Crippen LogP contribution in [0.3, 0.4) is 0 Å². The number of nitrogens with one attached hydrogen (secondary N) is 1. The summed E-state index contributed by atoms with van der Waals surface area (Å²) in [6.07, 6.45) is 1.82. The minimum atomic E-state index is -0.911. The fourth-order valence-electron chi connectivity index (χ4n) is 1.96. The lowest BCUT2D eigenvalue weighted by Crippen LogP contribution is -1.96. The fourth-order valence-corrected chi connectivity index (χ4v) is 2.98. The summed E-state index contributed by atoms with van der Waals surface area (Å²) in [5, 5.41) is 10.2. The van der Waals surface area contributed by atoms with E-state index in [4.69, 9.17) is 5.11 Å². The molecule has 3 nitrogen and oxygen atoms in total. The first-order chi connectivity index (χ1) is 9.24. The van der Waals surface area contributed by atoms with E-state index in [1.807, 2.05) is 42.6 Å². The van der Waals surface area contributed by atoms with Crippen LogP contribution in [0.5, 0.6) is 0 Å². The highest BCUT2D eigenvalue weighted by atomic mass is 32.2. The number of aromatic nitrogens is 1. The number of aromatic carboxylic acids is 1. The largest absolute Gasteiger partial charge is 0.478 e. The van der Waals surface area contributed by atoms with Crippen molar-refractivity contribution in [2.75, 3.05) is 0 Å². The van der Waals surface area contributed by atoms with Gasteiger partial charge in [-0.3, -0.25) is 0 Å². The summed E-state index contributed by atoms with van der Waals surface area (Å²) in [7, 11) is 0. The molecule has 3 rings (SSSR count). The van der Waals surface area contributed by atoms with Crippen LogP contribution < -0.4 is 0 Å². The van der Waals surface area contributed by atoms with Gasteiger partial charge in [0.15, 0.2) is 0 Å². The Hall–Kier alpha value is -2.20. The third-order valence-electron chi connectivity index (χ3n) is 2.85. The van der Waals surface area contributed by atoms with Crippen molar-refractivity contribution in [3.63, 3.8) is 0 Å². The van der Waals surface area contributed by atoms with E-state index in [0.717, 1.165) is 20.7 Å². The van der Waals surface area contributed by atoms with Crippen molar-refractivity contribution < 1.29 is 9.90 Å². The molecule has 19 heavy (non-hydrogen) atoms. The average Bonchev–Trinajstić information content (AvgIpc) is 2.88. The van der Waals surface area contributed by atoms with E-state index in [1.165, 1.54) is 0 Å². The molecule has 1 heterocycles. The van der Waals surface area contributed by atoms with Crippen LogP contribution in [0.1, 0.15) is 10.4 Å². The molecule has 3 aromatic rings. The number of hydrogen-bond acceptors (Lipinski definition) is 2. The Kier molecular flexibility index (Phi) is 3.01. The van der Waals surface area contributed by atoms with Crippen molar-refractivity contribution >= 4 is 28.6 Å². The minimum absolute atomic E-state index is 0.299. The minimum Gasteiger partial charge on any atom is -0.478 e. The van der Waals surface area contributed by atoms with Gasteiger partial charge in [-0.05, 0) is 30.3 Å². The molecule has 2 N–H and O–H groups in total. The summed E-state index contributed by atoms with van der Waals surface area (Å²) in [4.78, 5) is 16.2. The zero-order valence-corrected chi connectivity index (χ0v) is 10.8. The molecule has 4 heteroatoms. The Bertz CT molecular complexity index is 734. The molecule has 0 fully saturated rings. The third-order valence-corrected chi connectivity index (χ3v) is 3.91. The molecular weight excluding hydrogens is 258 g/mol. The SMILES string of the molecule is O=C(O)c1cc(Sc2ccccc2)c2cc[nH]c2c1. The predicted octanol–water partition coefficient (Wildman–Crippen LogP) is 4.02. The first-order valence-corrected chi connectivity index (χ1v) is 6.63. The third kappa shape index (κ3) is 2.35. The zero-order valence-electron chi connectivity index (χ0n) is 9.96. The Morgan fingerprint density at radius 3 is 2.63 bits per heavy atom. The highest BCUT2D eigenvalue weighted by molar-refractivity contribution is 7.99. The van der Waals surface area contributed by atoms with Crippen molar-refractivity contribution in [2.45, 2.75) is 9.79 Å². The number of carbonyl (C=O) groups is 1. The normalized spacial score (nSPS) is 10.7. The maximum absolute atomic E-state index is 11.1. The number of rotatable bonds is 3. The van der Waals surface area contributed by atoms with E-state index in [9.17, 15) is 4.79 Å². The number of hydrogen-bond donors (Lipinski definition) is 2. The molecule has 0 saturated carbocycles. The molecule has 1 aromatic heterocycles. The molecule has 0 unspecified atom stereocenters. The summed E-state index contributed by atoms with van der Waals surface area (Å²) >= 11 is 1.57. The number of carboxylic acids is 1. The van der Waals surface area contributed by atoms with E-state index < -0.39 is 5.97 Å². The number of H-pyrrole nitrogens is 1. The van der Waals surface area contributed by atoms with Crippen LogP contribution in [0.4, 0.5) is 0 Å². The second-order valence-corrected chi connectivity index (χ2v) is 5.25. The van der Waals surface area contributed by atoms with Crippen molar-refractivity contribution in [1.29, 1.82) is 0 Å². The van der Waals surface area contributed by atoms with Crippen LogP contribution in [-0.4, -0.2) is 16.1 Å². The lowest BCUT2D eigenvalue weighted by atomic mass is 10.1. The van der Waals surface area contributed by atoms with E-state index in [2.05, 4.69) is 4.98 Å². The summed E-state index contributed by atoms with van der Waals surface area (Å²) in [6.45, 7) is 0. The van der Waals surface area contributed by atoms with Gasteiger partial charge in [0.05, 0.1) is 5.56 Å². The summed E-state index contributed by atoms with van der Waals surface area (Å²) in [5.41, 5.74) is 1.15. The van der Waals surface area contributed by atoms with Crippen LogP contribution in [0.25, 0.3) is 10.9 Å². The molecule has 0 spiro atoms. The van der Waals surface area contributed by atoms with Crippen molar-refractivity contribution in [3.8, 4) is 0 Å². The first-order valence-electron chi connectivity index (χ1n) is 5.81. The van der Waals surface area contributed by atoms with E-state index >= 15 is 0 Å². The van der Waals surface area contributed by atoms with Crippen LogP contribution in [-0.2, 0) is 0 Å². The lowest BCUT2D eigenvalue weighted by molar-refractivity contribution is 0.0697. The number of fused-ring (bicyclic) bond motifs is 1. The van der Waals surface area contributed by atoms with Crippen LogP contribution in [0.2, 0.25) is 0 Å². The number of benzene rings is 2. The maximum Gasteiger partial charge on any atom is 0.335 e. The Morgan fingerprint density at radius 2 is 1.89 bits per heavy atom. The smallest absolute Gasteiger partial charge is 0.335 e. The van der Waals surface area contributed by atoms with Gasteiger partial charge >= 0.3 is 5.97 Å². The zero-order chi connectivity index (χ0) is 13.2. The molecule has 0 aliphatic rings. The van der Waals surface area contributed by atoms with Gasteiger partial charge in [0.2, 0.25) is 0 Å².